The highest BCUT2D eigenvalue weighted by Gasteiger charge is 2.24. The zero-order chi connectivity index (χ0) is 14.5. The predicted molar refractivity (Wildman–Crippen MR) is 79.9 cm³/mol. The Morgan fingerprint density at radius 1 is 1.00 bits per heavy atom. The Hall–Kier alpha value is -1.83. The second-order valence-electron chi connectivity index (χ2n) is 4.56. The van der Waals surface area contributed by atoms with E-state index in [2.05, 4.69) is 0 Å². The van der Waals surface area contributed by atoms with E-state index in [1.165, 1.54) is 0 Å². The zero-order valence-corrected chi connectivity index (χ0v) is 12.4. The van der Waals surface area contributed by atoms with E-state index in [0.717, 1.165) is 11.1 Å². The van der Waals surface area contributed by atoms with E-state index in [-0.39, 0.29) is 12.4 Å². The Bertz CT molecular complexity index is 615. The van der Waals surface area contributed by atoms with Crippen LogP contribution in [0.2, 0.25) is 0 Å². The van der Waals surface area contributed by atoms with Gasteiger partial charge in [-0.15, -0.1) is 4.52 Å². The molecule has 0 saturated carbocycles. The molecule has 1 unspecified atom stereocenters. The van der Waals surface area contributed by atoms with Gasteiger partial charge in [-0.05, 0) is 41.7 Å². The van der Waals surface area contributed by atoms with Gasteiger partial charge >= 0.3 is 8.03 Å². The molecule has 0 aromatic heterocycles. The molecule has 0 amide bonds. The van der Waals surface area contributed by atoms with Crippen molar-refractivity contribution in [1.82, 2.24) is 0 Å². The van der Waals surface area contributed by atoms with Gasteiger partial charge in [0.25, 0.3) is 0 Å². The minimum absolute atomic E-state index is 0.139. The first kappa shape index (κ1) is 14.6. The van der Waals surface area contributed by atoms with Crippen LogP contribution >= 0.6 is 8.03 Å². The number of carbonyl (C=O) groups excluding carboxylic acids is 1. The summed E-state index contributed by atoms with van der Waals surface area (Å²) in [5.74, 6) is -0.139. The second kappa shape index (κ2) is 6.56. The van der Waals surface area contributed by atoms with Crippen molar-refractivity contribution in [2.24, 2.45) is 0 Å². The lowest BCUT2D eigenvalue weighted by molar-refractivity contribution is 0.0926. The maximum absolute atomic E-state index is 12.2. The summed E-state index contributed by atoms with van der Waals surface area (Å²) in [5.41, 5.74) is 2.48. The van der Waals surface area contributed by atoms with Crippen molar-refractivity contribution in [3.8, 4) is 0 Å². The van der Waals surface area contributed by atoms with Crippen molar-refractivity contribution in [1.29, 1.82) is 0 Å². The molecule has 1 atom stereocenters. The molecule has 0 saturated heterocycles. The third kappa shape index (κ3) is 3.38. The fourth-order valence-corrected chi connectivity index (χ4v) is 2.87. The smallest absolute Gasteiger partial charge is 0.291 e. The number of carbonyl (C=O) groups is 1. The van der Waals surface area contributed by atoms with Crippen LogP contribution in [-0.4, -0.2) is 12.4 Å². The number of benzene rings is 2. The van der Waals surface area contributed by atoms with Crippen LogP contribution in [0.3, 0.4) is 0 Å². The van der Waals surface area contributed by atoms with Gasteiger partial charge in [0.2, 0.25) is 5.30 Å². The first-order valence-corrected chi connectivity index (χ1v) is 7.52. The highest BCUT2D eigenvalue weighted by molar-refractivity contribution is 7.48. The fourth-order valence-electron chi connectivity index (χ4n) is 2.07. The molecule has 0 aliphatic rings. The van der Waals surface area contributed by atoms with Crippen molar-refractivity contribution >= 4 is 19.1 Å². The number of hydrogen-bond donors (Lipinski definition) is 0. The number of Topliss-reactive ketones (excluding diaryl/α,β-unsaturated/α-hetero) is 1. The minimum atomic E-state index is -1.99. The van der Waals surface area contributed by atoms with Gasteiger partial charge in [0.15, 0.2) is 12.4 Å². The molecule has 102 valence electrons. The van der Waals surface area contributed by atoms with E-state index in [9.17, 15) is 9.36 Å². The summed E-state index contributed by atoms with van der Waals surface area (Å²) in [6.45, 7) is 3.60. The Labute approximate surface area is 119 Å². The summed E-state index contributed by atoms with van der Waals surface area (Å²) in [6.07, 6.45) is 0. The molecule has 0 bridgehead atoms. The first-order valence-electron chi connectivity index (χ1n) is 6.34. The molecule has 0 aliphatic carbocycles. The summed E-state index contributed by atoms with van der Waals surface area (Å²) in [7, 11) is -1.99. The molecule has 0 aliphatic heterocycles. The van der Waals surface area contributed by atoms with Crippen LogP contribution in [0.5, 0.6) is 0 Å². The maximum atomic E-state index is 12.2. The Morgan fingerprint density at radius 3 is 2.20 bits per heavy atom. The van der Waals surface area contributed by atoms with E-state index in [0.29, 0.717) is 10.9 Å². The van der Waals surface area contributed by atoms with Gasteiger partial charge in [0.05, 0.1) is 0 Å². The van der Waals surface area contributed by atoms with E-state index < -0.39 is 8.03 Å². The molecule has 3 nitrogen and oxygen atoms in total. The number of ketones is 1. The molecule has 0 N–H and O–H groups in total. The highest BCUT2D eigenvalue weighted by atomic mass is 31.1. The quantitative estimate of drug-likeness (QED) is 0.623. The van der Waals surface area contributed by atoms with Gasteiger partial charge < -0.3 is 0 Å². The van der Waals surface area contributed by atoms with Crippen molar-refractivity contribution in [3.63, 3.8) is 0 Å². The normalized spacial score (nSPS) is 11.2. The summed E-state index contributed by atoms with van der Waals surface area (Å²) >= 11 is 0. The van der Waals surface area contributed by atoms with Gasteiger partial charge in [-0.3, -0.25) is 4.79 Å². The molecule has 0 spiro atoms. The van der Waals surface area contributed by atoms with Crippen LogP contribution in [-0.2, 0) is 9.09 Å². The van der Waals surface area contributed by atoms with Gasteiger partial charge in [0.1, 0.15) is 0 Å². The third-order valence-electron chi connectivity index (χ3n) is 3.04. The lowest BCUT2D eigenvalue weighted by Crippen LogP contribution is -2.11. The lowest BCUT2D eigenvalue weighted by atomic mass is 10.00. The lowest BCUT2D eigenvalue weighted by Gasteiger charge is -2.06. The summed E-state index contributed by atoms with van der Waals surface area (Å²) in [4.78, 5) is 12.2. The number of rotatable bonds is 5. The highest BCUT2D eigenvalue weighted by Crippen LogP contribution is 2.22. The van der Waals surface area contributed by atoms with Gasteiger partial charge in [0, 0.05) is 5.56 Å². The molecule has 2 rings (SSSR count). The zero-order valence-electron chi connectivity index (χ0n) is 11.5. The van der Waals surface area contributed by atoms with E-state index in [4.69, 9.17) is 4.52 Å². The Morgan fingerprint density at radius 2 is 1.60 bits per heavy atom. The standard InChI is InChI=1S/C16H16O3P/c1-12-7-6-8-13(2)16(12)15(17)11-19-20(18)14-9-4-3-5-10-14/h3-10H,11H2,1-2H3/q+1. The first-order chi connectivity index (χ1) is 9.59. The van der Waals surface area contributed by atoms with Crippen molar-refractivity contribution in [2.45, 2.75) is 13.8 Å². The Kier molecular flexibility index (Phi) is 4.78. The van der Waals surface area contributed by atoms with Crippen molar-refractivity contribution in [2.75, 3.05) is 6.61 Å². The molecule has 0 radical (unpaired) electrons. The molecule has 20 heavy (non-hydrogen) atoms. The van der Waals surface area contributed by atoms with E-state index >= 15 is 0 Å². The molecule has 0 fully saturated rings. The van der Waals surface area contributed by atoms with Crippen molar-refractivity contribution < 1.29 is 13.9 Å². The third-order valence-corrected chi connectivity index (χ3v) is 4.12. The Balaban J connectivity index is 2.05. The fraction of sp³-hybridized carbons (Fsp3) is 0.188. The molecule has 0 heterocycles. The van der Waals surface area contributed by atoms with Crippen LogP contribution < -0.4 is 5.30 Å². The van der Waals surface area contributed by atoms with Crippen molar-refractivity contribution in [3.05, 3.63) is 65.2 Å². The second-order valence-corrected chi connectivity index (χ2v) is 5.84. The molecule has 4 heteroatoms. The maximum Gasteiger partial charge on any atom is 0.549 e. The van der Waals surface area contributed by atoms with Gasteiger partial charge in [-0.2, -0.15) is 0 Å². The number of aryl methyl sites for hydroxylation is 2. The predicted octanol–water partition coefficient (Wildman–Crippen LogP) is 3.57. The minimum Gasteiger partial charge on any atom is -0.291 e. The molecular weight excluding hydrogens is 271 g/mol. The molecule has 2 aromatic carbocycles. The van der Waals surface area contributed by atoms with Gasteiger partial charge in [-0.1, -0.05) is 36.4 Å². The average molecular weight is 287 g/mol. The van der Waals surface area contributed by atoms with E-state index in [1.807, 2.05) is 38.1 Å². The molecule has 2 aromatic rings. The van der Waals surface area contributed by atoms with Gasteiger partial charge in [-0.25, -0.2) is 0 Å². The summed E-state index contributed by atoms with van der Waals surface area (Å²) in [6, 6.07) is 14.6. The monoisotopic (exact) mass is 287 g/mol. The van der Waals surface area contributed by atoms with Crippen LogP contribution in [0.4, 0.5) is 0 Å². The summed E-state index contributed by atoms with van der Waals surface area (Å²) in [5, 5.41) is 0.594. The van der Waals surface area contributed by atoms with Crippen LogP contribution in [0.15, 0.2) is 48.5 Å². The van der Waals surface area contributed by atoms with Crippen LogP contribution in [0.25, 0.3) is 0 Å². The SMILES string of the molecule is Cc1cccc(C)c1C(=O)CO[P+](=O)c1ccccc1. The average Bonchev–Trinajstić information content (AvgIpc) is 2.45. The number of hydrogen-bond acceptors (Lipinski definition) is 3. The van der Waals surface area contributed by atoms with E-state index in [1.54, 1.807) is 24.3 Å². The topological polar surface area (TPSA) is 43.4 Å². The van der Waals surface area contributed by atoms with Crippen LogP contribution in [0, 0.1) is 13.8 Å². The summed E-state index contributed by atoms with van der Waals surface area (Å²) < 4.78 is 17.1. The van der Waals surface area contributed by atoms with Crippen LogP contribution in [0.1, 0.15) is 21.5 Å². The largest absolute Gasteiger partial charge is 0.549 e. The molecular formula is C16H16O3P+.